The minimum absolute atomic E-state index is 0.0539. The number of esters is 1. The first-order chi connectivity index (χ1) is 5.63. The summed E-state index contributed by atoms with van der Waals surface area (Å²) in [5.41, 5.74) is 0.199. The molecule has 0 aliphatic carbocycles. The van der Waals surface area contributed by atoms with Gasteiger partial charge in [-0.25, -0.2) is 4.79 Å². The van der Waals surface area contributed by atoms with Crippen molar-refractivity contribution >= 4 is 5.97 Å². The largest absolute Gasteiger partial charge is 0.512 e. The topological polar surface area (TPSA) is 46.5 Å². The van der Waals surface area contributed by atoms with E-state index in [2.05, 4.69) is 17.9 Å². The van der Waals surface area contributed by atoms with Crippen molar-refractivity contribution < 1.29 is 14.6 Å². The lowest BCUT2D eigenvalue weighted by Crippen LogP contribution is -2.05. The van der Waals surface area contributed by atoms with Crippen molar-refractivity contribution in [3.05, 3.63) is 36.8 Å². The maximum atomic E-state index is 11.0. The molecule has 0 radical (unpaired) electrons. The fourth-order valence-electron chi connectivity index (χ4n) is 0.670. The molecule has 0 fully saturated rings. The van der Waals surface area contributed by atoms with Crippen LogP contribution in [0.4, 0.5) is 0 Å². The zero-order valence-electron chi connectivity index (χ0n) is 7.04. The van der Waals surface area contributed by atoms with Crippen LogP contribution < -0.4 is 0 Å². The molecule has 0 aromatic rings. The minimum Gasteiger partial charge on any atom is -0.512 e. The Labute approximate surface area is 71.7 Å². The number of hydrogen-bond acceptors (Lipinski definition) is 3. The second-order valence-electron chi connectivity index (χ2n) is 2.13. The van der Waals surface area contributed by atoms with Gasteiger partial charge in [0.15, 0.2) is 0 Å². The third-order valence-electron chi connectivity index (χ3n) is 1.22. The summed E-state index contributed by atoms with van der Waals surface area (Å²) in [6.07, 6.45) is 2.82. The van der Waals surface area contributed by atoms with Gasteiger partial charge in [0.25, 0.3) is 0 Å². The number of ether oxygens (including phenoxy) is 1. The molecule has 0 aliphatic heterocycles. The molecule has 0 aromatic carbocycles. The molecule has 0 aliphatic rings. The first-order valence-electron chi connectivity index (χ1n) is 3.45. The van der Waals surface area contributed by atoms with Gasteiger partial charge in [0.1, 0.15) is 0 Å². The standard InChI is InChI=1S/C9H12O3/c1-4-6-8(7(3)10)9(11)12-5-2/h4-5,10H,1-2,6H2,3H3/b8-7-. The molecule has 0 atom stereocenters. The van der Waals surface area contributed by atoms with Crippen LogP contribution >= 0.6 is 0 Å². The number of aliphatic hydroxyl groups excluding tert-OH is 1. The minimum atomic E-state index is -0.593. The van der Waals surface area contributed by atoms with E-state index in [9.17, 15) is 4.79 Å². The summed E-state index contributed by atoms with van der Waals surface area (Å²) in [5, 5.41) is 9.04. The second-order valence-corrected chi connectivity index (χ2v) is 2.13. The van der Waals surface area contributed by atoms with Crippen LogP contribution in [-0.4, -0.2) is 11.1 Å². The van der Waals surface area contributed by atoms with Crippen molar-refractivity contribution in [2.45, 2.75) is 13.3 Å². The highest BCUT2D eigenvalue weighted by atomic mass is 16.5. The van der Waals surface area contributed by atoms with E-state index >= 15 is 0 Å². The van der Waals surface area contributed by atoms with Gasteiger partial charge in [0.05, 0.1) is 17.6 Å². The van der Waals surface area contributed by atoms with Gasteiger partial charge in [0.2, 0.25) is 0 Å². The van der Waals surface area contributed by atoms with Gasteiger partial charge in [-0.15, -0.1) is 6.58 Å². The normalized spacial score (nSPS) is 11.4. The van der Waals surface area contributed by atoms with Gasteiger partial charge in [-0.2, -0.15) is 0 Å². The van der Waals surface area contributed by atoms with Gasteiger partial charge in [0, 0.05) is 6.42 Å². The van der Waals surface area contributed by atoms with E-state index in [1.807, 2.05) is 0 Å². The number of aliphatic hydroxyl groups is 1. The van der Waals surface area contributed by atoms with E-state index < -0.39 is 5.97 Å². The Kier molecular flexibility index (Phi) is 4.53. The number of carbonyl (C=O) groups is 1. The van der Waals surface area contributed by atoms with Crippen molar-refractivity contribution in [1.82, 2.24) is 0 Å². The average Bonchev–Trinajstić information content (AvgIpc) is 1.99. The summed E-state index contributed by atoms with van der Waals surface area (Å²) in [5.74, 6) is -0.647. The average molecular weight is 168 g/mol. The number of rotatable bonds is 4. The van der Waals surface area contributed by atoms with Crippen LogP contribution in [-0.2, 0) is 9.53 Å². The van der Waals surface area contributed by atoms with Gasteiger partial charge in [-0.1, -0.05) is 12.7 Å². The van der Waals surface area contributed by atoms with E-state index in [4.69, 9.17) is 5.11 Å². The molecular formula is C9H12O3. The van der Waals surface area contributed by atoms with Crippen molar-refractivity contribution in [3.8, 4) is 0 Å². The number of carbonyl (C=O) groups excluding carboxylic acids is 1. The molecule has 0 saturated carbocycles. The highest BCUT2D eigenvalue weighted by Gasteiger charge is 2.11. The summed E-state index contributed by atoms with van der Waals surface area (Å²) in [6.45, 7) is 8.10. The number of hydrogen-bond donors (Lipinski definition) is 1. The predicted molar refractivity (Wildman–Crippen MR) is 46.4 cm³/mol. The van der Waals surface area contributed by atoms with E-state index in [1.165, 1.54) is 13.0 Å². The molecule has 0 amide bonds. The molecule has 0 aromatic heterocycles. The van der Waals surface area contributed by atoms with Crippen LogP contribution in [0.5, 0.6) is 0 Å². The molecular weight excluding hydrogens is 156 g/mol. The third kappa shape index (κ3) is 3.05. The molecule has 0 heterocycles. The molecule has 3 heteroatoms. The van der Waals surface area contributed by atoms with Crippen molar-refractivity contribution in [3.63, 3.8) is 0 Å². The third-order valence-corrected chi connectivity index (χ3v) is 1.22. The summed E-state index contributed by atoms with van der Waals surface area (Å²) in [4.78, 5) is 11.0. The highest BCUT2D eigenvalue weighted by Crippen LogP contribution is 2.09. The second kappa shape index (κ2) is 5.18. The summed E-state index contributed by atoms with van der Waals surface area (Å²) < 4.78 is 4.48. The maximum Gasteiger partial charge on any atom is 0.342 e. The molecule has 0 bridgehead atoms. The molecule has 0 unspecified atom stereocenters. The van der Waals surface area contributed by atoms with E-state index in [1.54, 1.807) is 0 Å². The fraction of sp³-hybridized carbons (Fsp3) is 0.222. The molecule has 0 spiro atoms. The Hall–Kier alpha value is -1.51. The summed E-state index contributed by atoms with van der Waals surface area (Å²) >= 11 is 0. The maximum absolute atomic E-state index is 11.0. The predicted octanol–water partition coefficient (Wildman–Crippen LogP) is 2.08. The lowest BCUT2D eigenvalue weighted by Gasteiger charge is -2.02. The Morgan fingerprint density at radius 1 is 1.58 bits per heavy atom. The lowest BCUT2D eigenvalue weighted by molar-refractivity contribution is -0.133. The first-order valence-corrected chi connectivity index (χ1v) is 3.45. The lowest BCUT2D eigenvalue weighted by atomic mass is 10.1. The molecule has 12 heavy (non-hydrogen) atoms. The Balaban J connectivity index is 4.52. The van der Waals surface area contributed by atoms with E-state index in [-0.39, 0.29) is 17.8 Å². The van der Waals surface area contributed by atoms with Gasteiger partial charge >= 0.3 is 5.97 Å². The van der Waals surface area contributed by atoms with E-state index in [0.29, 0.717) is 0 Å². The van der Waals surface area contributed by atoms with Crippen molar-refractivity contribution in [2.24, 2.45) is 0 Å². The fourth-order valence-corrected chi connectivity index (χ4v) is 0.670. The molecule has 3 nitrogen and oxygen atoms in total. The zero-order valence-corrected chi connectivity index (χ0v) is 7.04. The Morgan fingerprint density at radius 2 is 2.17 bits per heavy atom. The van der Waals surface area contributed by atoms with Gasteiger partial charge in [-0.05, 0) is 6.92 Å². The monoisotopic (exact) mass is 168 g/mol. The van der Waals surface area contributed by atoms with Crippen LogP contribution in [0.25, 0.3) is 0 Å². The van der Waals surface area contributed by atoms with Crippen LogP contribution in [0.1, 0.15) is 13.3 Å². The first kappa shape index (κ1) is 10.5. The summed E-state index contributed by atoms with van der Waals surface area (Å²) in [6, 6.07) is 0. The molecule has 0 rings (SSSR count). The molecule has 0 saturated heterocycles. The van der Waals surface area contributed by atoms with Crippen LogP contribution in [0, 0.1) is 0 Å². The van der Waals surface area contributed by atoms with Crippen molar-refractivity contribution in [1.29, 1.82) is 0 Å². The van der Waals surface area contributed by atoms with Crippen LogP contribution in [0.3, 0.4) is 0 Å². The van der Waals surface area contributed by atoms with Crippen molar-refractivity contribution in [2.75, 3.05) is 0 Å². The zero-order chi connectivity index (χ0) is 9.56. The molecule has 1 N–H and O–H groups in total. The van der Waals surface area contributed by atoms with Gasteiger partial charge < -0.3 is 9.84 Å². The summed E-state index contributed by atoms with van der Waals surface area (Å²) in [7, 11) is 0. The highest BCUT2D eigenvalue weighted by molar-refractivity contribution is 5.89. The Morgan fingerprint density at radius 3 is 2.50 bits per heavy atom. The Bertz CT molecular complexity index is 222. The number of allylic oxidation sites excluding steroid dienone is 2. The molecule has 66 valence electrons. The van der Waals surface area contributed by atoms with Gasteiger partial charge in [-0.3, -0.25) is 0 Å². The quantitative estimate of drug-likeness (QED) is 0.302. The SMILES string of the molecule is C=CC/C(C(=O)OC=C)=C(\C)O. The smallest absolute Gasteiger partial charge is 0.342 e. The van der Waals surface area contributed by atoms with Crippen LogP contribution in [0.2, 0.25) is 0 Å². The van der Waals surface area contributed by atoms with E-state index in [0.717, 1.165) is 6.26 Å². The van der Waals surface area contributed by atoms with Crippen LogP contribution in [0.15, 0.2) is 36.8 Å².